The Hall–Kier alpha value is -0.490. The summed E-state index contributed by atoms with van der Waals surface area (Å²) < 4.78 is 0. The van der Waals surface area contributed by atoms with Crippen LogP contribution in [0.2, 0.25) is 0 Å². The predicted molar refractivity (Wildman–Crippen MR) is 66.6 cm³/mol. The average Bonchev–Trinajstić information content (AvgIpc) is 2.13. The molecule has 0 spiro atoms. The molecule has 0 saturated heterocycles. The van der Waals surface area contributed by atoms with Crippen LogP contribution < -0.4 is 0 Å². The molecular formula is C13H21Cl. The minimum atomic E-state index is 0.851. The smallest absolute Gasteiger partial charge is 0.0152 e. The first-order valence-electron chi connectivity index (χ1n) is 5.33. The van der Waals surface area contributed by atoms with E-state index in [9.17, 15) is 0 Å². The molecule has 0 N–H and O–H groups in total. The zero-order valence-corrected chi connectivity index (χ0v) is 10.3. The Balaban J connectivity index is 4.87. The summed E-state index contributed by atoms with van der Waals surface area (Å²) in [7, 11) is 0. The monoisotopic (exact) mass is 212 g/mol. The van der Waals surface area contributed by atoms with Crippen LogP contribution >= 0.6 is 11.6 Å². The molecule has 0 aromatic heterocycles. The summed E-state index contributed by atoms with van der Waals surface area (Å²) in [6, 6.07) is 0. The molecule has 0 aromatic rings. The van der Waals surface area contributed by atoms with Crippen LogP contribution in [0.5, 0.6) is 0 Å². The van der Waals surface area contributed by atoms with Gasteiger partial charge in [-0.05, 0) is 37.0 Å². The van der Waals surface area contributed by atoms with Crippen molar-refractivity contribution in [3.05, 3.63) is 34.9 Å². The zero-order chi connectivity index (χ0) is 11.0. The molecule has 0 saturated carbocycles. The Bertz CT molecular complexity index is 230. The van der Waals surface area contributed by atoms with Gasteiger partial charge in [-0.1, -0.05) is 50.9 Å². The van der Waals surface area contributed by atoms with Crippen LogP contribution in [-0.4, -0.2) is 0 Å². The van der Waals surface area contributed by atoms with Crippen molar-refractivity contribution in [1.29, 1.82) is 0 Å². The molecule has 0 amide bonds. The highest BCUT2D eigenvalue weighted by Crippen LogP contribution is 2.20. The molecule has 1 heteroatoms. The van der Waals surface area contributed by atoms with Crippen LogP contribution in [0.4, 0.5) is 0 Å². The first-order chi connectivity index (χ1) is 6.65. The molecule has 0 fully saturated rings. The number of allylic oxidation sites excluding steroid dienone is 5. The van der Waals surface area contributed by atoms with Crippen LogP contribution in [0.15, 0.2) is 34.9 Å². The van der Waals surface area contributed by atoms with E-state index in [0.29, 0.717) is 0 Å². The zero-order valence-electron chi connectivity index (χ0n) is 9.57. The van der Waals surface area contributed by atoms with E-state index in [1.807, 2.05) is 13.0 Å². The molecule has 0 aliphatic carbocycles. The molecule has 80 valence electrons. The van der Waals surface area contributed by atoms with E-state index in [2.05, 4.69) is 26.5 Å². The summed E-state index contributed by atoms with van der Waals surface area (Å²) in [5, 5.41) is 0.851. The number of rotatable bonds is 6. The Morgan fingerprint density at radius 3 is 2.00 bits per heavy atom. The third kappa shape index (κ3) is 5.29. The van der Waals surface area contributed by atoms with Crippen molar-refractivity contribution >= 4 is 11.6 Å². The summed E-state index contributed by atoms with van der Waals surface area (Å²) in [5.74, 6) is 0. The maximum Gasteiger partial charge on any atom is 0.0152 e. The van der Waals surface area contributed by atoms with Gasteiger partial charge in [-0.3, -0.25) is 0 Å². The Morgan fingerprint density at radius 2 is 1.64 bits per heavy atom. The summed E-state index contributed by atoms with van der Waals surface area (Å²) >= 11 is 5.90. The van der Waals surface area contributed by atoms with Crippen molar-refractivity contribution in [2.45, 2.75) is 46.5 Å². The standard InChI is InChI=1S/C13H21Cl/c1-5-8-12(7-3)13(9-6-2)10-11(4)14/h7,10H,3,5-6,8-9H2,1-2,4H3/b11-10+,13-12+. The van der Waals surface area contributed by atoms with Crippen LogP contribution in [0, 0.1) is 0 Å². The van der Waals surface area contributed by atoms with Crippen molar-refractivity contribution in [3.63, 3.8) is 0 Å². The maximum atomic E-state index is 5.90. The SMILES string of the molecule is C=C/C(CCC)=C(\C=C(/C)Cl)CCC. The van der Waals surface area contributed by atoms with E-state index >= 15 is 0 Å². The molecule has 0 unspecified atom stereocenters. The summed E-state index contributed by atoms with van der Waals surface area (Å²) in [5.41, 5.74) is 2.69. The van der Waals surface area contributed by atoms with Crippen LogP contribution in [-0.2, 0) is 0 Å². The molecule has 0 atom stereocenters. The van der Waals surface area contributed by atoms with E-state index in [0.717, 1.165) is 30.7 Å². The van der Waals surface area contributed by atoms with Gasteiger partial charge in [0, 0.05) is 5.03 Å². The van der Waals surface area contributed by atoms with E-state index in [4.69, 9.17) is 11.6 Å². The molecule has 0 bridgehead atoms. The van der Waals surface area contributed by atoms with E-state index in [1.165, 1.54) is 11.1 Å². The van der Waals surface area contributed by atoms with Gasteiger partial charge in [0.1, 0.15) is 0 Å². The summed E-state index contributed by atoms with van der Waals surface area (Å²) in [4.78, 5) is 0. The van der Waals surface area contributed by atoms with Gasteiger partial charge in [-0.25, -0.2) is 0 Å². The fourth-order valence-corrected chi connectivity index (χ4v) is 1.63. The summed E-state index contributed by atoms with van der Waals surface area (Å²) in [6.07, 6.45) is 8.52. The highest BCUT2D eigenvalue weighted by atomic mass is 35.5. The second-order valence-electron chi connectivity index (χ2n) is 3.49. The fourth-order valence-electron chi connectivity index (χ4n) is 1.50. The molecule has 0 aliphatic heterocycles. The molecule has 0 rings (SSSR count). The molecule has 0 aliphatic rings. The Kier molecular flexibility index (Phi) is 7.60. The van der Waals surface area contributed by atoms with Gasteiger partial charge in [-0.15, -0.1) is 0 Å². The van der Waals surface area contributed by atoms with E-state index in [1.54, 1.807) is 0 Å². The first-order valence-corrected chi connectivity index (χ1v) is 5.71. The number of hydrogen-bond donors (Lipinski definition) is 0. The van der Waals surface area contributed by atoms with E-state index < -0.39 is 0 Å². The lowest BCUT2D eigenvalue weighted by atomic mass is 9.99. The lowest BCUT2D eigenvalue weighted by Gasteiger charge is -2.07. The number of halogens is 1. The van der Waals surface area contributed by atoms with Gasteiger partial charge >= 0.3 is 0 Å². The highest BCUT2D eigenvalue weighted by Gasteiger charge is 2.00. The fraction of sp³-hybridized carbons (Fsp3) is 0.538. The van der Waals surface area contributed by atoms with Gasteiger partial charge in [-0.2, -0.15) is 0 Å². The van der Waals surface area contributed by atoms with Crippen molar-refractivity contribution in [1.82, 2.24) is 0 Å². The van der Waals surface area contributed by atoms with Crippen LogP contribution in [0.25, 0.3) is 0 Å². The minimum absolute atomic E-state index is 0.851. The molecular weight excluding hydrogens is 192 g/mol. The Morgan fingerprint density at radius 1 is 1.14 bits per heavy atom. The predicted octanol–water partition coefficient (Wildman–Crippen LogP) is 5.21. The van der Waals surface area contributed by atoms with Crippen molar-refractivity contribution < 1.29 is 0 Å². The van der Waals surface area contributed by atoms with Crippen LogP contribution in [0.3, 0.4) is 0 Å². The normalized spacial score (nSPS) is 13.9. The molecule has 0 aromatic carbocycles. The topological polar surface area (TPSA) is 0 Å². The lowest BCUT2D eigenvalue weighted by molar-refractivity contribution is 0.869. The van der Waals surface area contributed by atoms with Crippen molar-refractivity contribution in [2.75, 3.05) is 0 Å². The van der Waals surface area contributed by atoms with Gasteiger partial charge in [0.2, 0.25) is 0 Å². The third-order valence-corrected chi connectivity index (χ3v) is 2.18. The van der Waals surface area contributed by atoms with Crippen molar-refractivity contribution in [2.24, 2.45) is 0 Å². The first kappa shape index (κ1) is 13.5. The van der Waals surface area contributed by atoms with Gasteiger partial charge in [0.25, 0.3) is 0 Å². The maximum absolute atomic E-state index is 5.90. The number of hydrogen-bond acceptors (Lipinski definition) is 0. The lowest BCUT2D eigenvalue weighted by Crippen LogP contribution is -1.88. The molecule has 0 heterocycles. The minimum Gasteiger partial charge on any atom is -0.0988 e. The molecule has 0 nitrogen and oxygen atoms in total. The Labute approximate surface area is 93.4 Å². The second-order valence-corrected chi connectivity index (χ2v) is 4.08. The summed E-state index contributed by atoms with van der Waals surface area (Å²) in [6.45, 7) is 10.1. The van der Waals surface area contributed by atoms with Gasteiger partial charge < -0.3 is 0 Å². The largest absolute Gasteiger partial charge is 0.0988 e. The third-order valence-electron chi connectivity index (χ3n) is 2.07. The highest BCUT2D eigenvalue weighted by molar-refractivity contribution is 6.29. The average molecular weight is 213 g/mol. The van der Waals surface area contributed by atoms with Crippen molar-refractivity contribution in [3.8, 4) is 0 Å². The molecule has 0 radical (unpaired) electrons. The quantitative estimate of drug-likeness (QED) is 0.530. The van der Waals surface area contributed by atoms with Gasteiger partial charge in [0.05, 0.1) is 0 Å². The molecule has 14 heavy (non-hydrogen) atoms. The second kappa shape index (κ2) is 7.87. The van der Waals surface area contributed by atoms with Gasteiger partial charge in [0.15, 0.2) is 0 Å². The van der Waals surface area contributed by atoms with E-state index in [-0.39, 0.29) is 0 Å². The van der Waals surface area contributed by atoms with Crippen LogP contribution in [0.1, 0.15) is 46.5 Å².